The summed E-state index contributed by atoms with van der Waals surface area (Å²) in [6, 6.07) is -0.462. The lowest BCUT2D eigenvalue weighted by Gasteiger charge is -2.53. The number of carboxylic acids is 1. The third-order valence-corrected chi connectivity index (χ3v) is 4.56. The number of carbonyl (C=O) groups is 2. The molecule has 0 radical (unpaired) electrons. The van der Waals surface area contributed by atoms with Crippen molar-refractivity contribution in [1.29, 1.82) is 0 Å². The molecule has 4 nitrogen and oxygen atoms in total. The van der Waals surface area contributed by atoms with Crippen molar-refractivity contribution in [2.24, 2.45) is 11.3 Å². The molecule has 0 heterocycles. The molecule has 0 aromatic heterocycles. The number of aliphatic carboxylic acids is 1. The molecule has 2 aliphatic rings. The van der Waals surface area contributed by atoms with E-state index < -0.39 is 30.0 Å². The molecule has 1 atom stereocenters. The molecule has 1 spiro atoms. The first-order valence-electron chi connectivity index (χ1n) is 6.35. The predicted octanol–water partition coefficient (Wildman–Crippen LogP) is 2.09. The van der Waals surface area contributed by atoms with E-state index in [-0.39, 0.29) is 5.41 Å². The zero-order valence-electron chi connectivity index (χ0n) is 10.3. The highest BCUT2D eigenvalue weighted by molar-refractivity contribution is 5.82. The molecule has 0 aliphatic heterocycles. The smallest absolute Gasteiger partial charge is 0.471 e. The first-order valence-corrected chi connectivity index (χ1v) is 6.35. The average molecular weight is 279 g/mol. The number of hydrogen-bond donors (Lipinski definition) is 2. The second kappa shape index (κ2) is 4.68. The fourth-order valence-corrected chi connectivity index (χ4v) is 3.20. The predicted molar refractivity (Wildman–Crippen MR) is 59.2 cm³/mol. The first-order chi connectivity index (χ1) is 8.74. The van der Waals surface area contributed by atoms with Gasteiger partial charge in [-0.2, -0.15) is 13.2 Å². The highest BCUT2D eigenvalue weighted by Gasteiger charge is 2.52. The molecule has 2 saturated carbocycles. The summed E-state index contributed by atoms with van der Waals surface area (Å²) in [7, 11) is 0. The van der Waals surface area contributed by atoms with Gasteiger partial charge < -0.3 is 10.4 Å². The van der Waals surface area contributed by atoms with Gasteiger partial charge in [-0.3, -0.25) is 9.59 Å². The van der Waals surface area contributed by atoms with Crippen LogP contribution in [-0.4, -0.2) is 29.2 Å². The molecule has 108 valence electrons. The minimum absolute atomic E-state index is 0.313. The van der Waals surface area contributed by atoms with Crippen molar-refractivity contribution in [2.45, 2.75) is 50.7 Å². The van der Waals surface area contributed by atoms with Crippen LogP contribution in [0.2, 0.25) is 0 Å². The van der Waals surface area contributed by atoms with Crippen LogP contribution in [0.25, 0.3) is 0 Å². The van der Waals surface area contributed by atoms with Gasteiger partial charge in [0.2, 0.25) is 0 Å². The average Bonchev–Trinajstić information content (AvgIpc) is 2.33. The van der Waals surface area contributed by atoms with Crippen LogP contribution in [0.1, 0.15) is 38.5 Å². The van der Waals surface area contributed by atoms with Gasteiger partial charge in [-0.1, -0.05) is 0 Å². The summed E-state index contributed by atoms with van der Waals surface area (Å²) in [5.41, 5.74) is -0.313. The molecule has 0 saturated heterocycles. The zero-order chi connectivity index (χ0) is 14.3. The number of amides is 1. The van der Waals surface area contributed by atoms with Crippen LogP contribution >= 0.6 is 0 Å². The molecule has 2 aliphatic carbocycles. The Morgan fingerprint density at radius 3 is 2.00 bits per heavy atom. The topological polar surface area (TPSA) is 66.4 Å². The SMILES string of the molecule is O=C(O)C1CCC2(CC1)CCC2NC(=O)C(F)(F)F. The monoisotopic (exact) mass is 279 g/mol. The summed E-state index contributed by atoms with van der Waals surface area (Å²) < 4.78 is 36.6. The van der Waals surface area contributed by atoms with Crippen LogP contribution in [0.5, 0.6) is 0 Å². The summed E-state index contributed by atoms with van der Waals surface area (Å²) in [4.78, 5) is 21.8. The van der Waals surface area contributed by atoms with E-state index in [9.17, 15) is 22.8 Å². The van der Waals surface area contributed by atoms with E-state index in [0.29, 0.717) is 32.1 Å². The molecule has 1 amide bonds. The Morgan fingerprint density at radius 2 is 1.63 bits per heavy atom. The standard InChI is InChI=1S/C12H16F3NO3/c13-12(14,15)10(19)16-8-3-6-11(8)4-1-7(2-5-11)9(17)18/h7-8H,1-6H2,(H,16,19)(H,17,18). The third kappa shape index (κ3) is 2.69. The van der Waals surface area contributed by atoms with Crippen LogP contribution in [0.15, 0.2) is 0 Å². The molecule has 2 fully saturated rings. The molecule has 1 unspecified atom stereocenters. The second-order valence-corrected chi connectivity index (χ2v) is 5.54. The normalized spacial score (nSPS) is 34.7. The molecular formula is C12H16F3NO3. The maximum atomic E-state index is 12.2. The van der Waals surface area contributed by atoms with Crippen LogP contribution in [-0.2, 0) is 9.59 Å². The van der Waals surface area contributed by atoms with E-state index in [2.05, 4.69) is 0 Å². The van der Waals surface area contributed by atoms with Crippen molar-refractivity contribution < 1.29 is 27.9 Å². The second-order valence-electron chi connectivity index (χ2n) is 5.54. The Hall–Kier alpha value is -1.27. The maximum absolute atomic E-state index is 12.2. The molecule has 0 bridgehead atoms. The number of carbonyl (C=O) groups excluding carboxylic acids is 1. The zero-order valence-corrected chi connectivity index (χ0v) is 10.3. The molecule has 19 heavy (non-hydrogen) atoms. The van der Waals surface area contributed by atoms with E-state index in [1.807, 2.05) is 5.32 Å². The van der Waals surface area contributed by atoms with Crippen LogP contribution in [0.4, 0.5) is 13.2 Å². The Morgan fingerprint density at radius 1 is 1.11 bits per heavy atom. The third-order valence-electron chi connectivity index (χ3n) is 4.56. The summed E-state index contributed by atoms with van der Waals surface area (Å²) in [5, 5.41) is 10.9. The molecular weight excluding hydrogens is 263 g/mol. The molecule has 0 aromatic carbocycles. The minimum atomic E-state index is -4.85. The van der Waals surface area contributed by atoms with Gasteiger partial charge in [0.25, 0.3) is 0 Å². The van der Waals surface area contributed by atoms with Crippen LogP contribution < -0.4 is 5.32 Å². The van der Waals surface area contributed by atoms with Gasteiger partial charge in [-0.15, -0.1) is 0 Å². The number of nitrogens with one attached hydrogen (secondary N) is 1. The van der Waals surface area contributed by atoms with Crippen molar-refractivity contribution in [3.05, 3.63) is 0 Å². The van der Waals surface area contributed by atoms with E-state index in [1.165, 1.54) is 0 Å². The quantitative estimate of drug-likeness (QED) is 0.813. The van der Waals surface area contributed by atoms with Crippen molar-refractivity contribution in [2.75, 3.05) is 0 Å². The maximum Gasteiger partial charge on any atom is 0.471 e. The summed E-state index contributed by atoms with van der Waals surface area (Å²) in [5.74, 6) is -3.13. The molecule has 0 aromatic rings. The van der Waals surface area contributed by atoms with Gasteiger partial charge in [-0.25, -0.2) is 0 Å². The Balaban J connectivity index is 1.92. The lowest BCUT2D eigenvalue weighted by atomic mass is 9.56. The fraction of sp³-hybridized carbons (Fsp3) is 0.833. The fourth-order valence-electron chi connectivity index (χ4n) is 3.20. The van der Waals surface area contributed by atoms with E-state index in [4.69, 9.17) is 5.11 Å². The van der Waals surface area contributed by atoms with E-state index in [0.717, 1.165) is 6.42 Å². The molecule has 2 N–H and O–H groups in total. The summed E-state index contributed by atoms with van der Waals surface area (Å²) in [6.07, 6.45) is -1.43. The Labute approximate surface area is 108 Å². The van der Waals surface area contributed by atoms with E-state index >= 15 is 0 Å². The van der Waals surface area contributed by atoms with Crippen molar-refractivity contribution >= 4 is 11.9 Å². The lowest BCUT2D eigenvalue weighted by molar-refractivity contribution is -0.177. The van der Waals surface area contributed by atoms with Crippen LogP contribution in [0.3, 0.4) is 0 Å². The van der Waals surface area contributed by atoms with Crippen molar-refractivity contribution in [3.8, 4) is 0 Å². The minimum Gasteiger partial charge on any atom is -0.481 e. The summed E-state index contributed by atoms with van der Waals surface area (Å²) in [6.45, 7) is 0. The Kier molecular flexibility index (Phi) is 3.49. The number of hydrogen-bond acceptors (Lipinski definition) is 2. The highest BCUT2D eigenvalue weighted by Crippen LogP contribution is 2.53. The Bertz CT molecular complexity index is 386. The number of carboxylic acid groups (broad SMARTS) is 1. The van der Waals surface area contributed by atoms with Gasteiger partial charge in [-0.05, 0) is 43.9 Å². The van der Waals surface area contributed by atoms with Crippen molar-refractivity contribution in [1.82, 2.24) is 5.32 Å². The largest absolute Gasteiger partial charge is 0.481 e. The highest BCUT2D eigenvalue weighted by atomic mass is 19.4. The van der Waals surface area contributed by atoms with E-state index in [1.54, 1.807) is 0 Å². The van der Waals surface area contributed by atoms with Crippen molar-refractivity contribution in [3.63, 3.8) is 0 Å². The number of halogens is 3. The van der Waals surface area contributed by atoms with Gasteiger partial charge in [0, 0.05) is 6.04 Å². The van der Waals surface area contributed by atoms with Gasteiger partial charge in [0.15, 0.2) is 0 Å². The number of alkyl halides is 3. The van der Waals surface area contributed by atoms with Crippen LogP contribution in [0, 0.1) is 11.3 Å². The van der Waals surface area contributed by atoms with Gasteiger partial charge in [0.1, 0.15) is 0 Å². The molecule has 2 rings (SSSR count). The summed E-state index contributed by atoms with van der Waals surface area (Å²) >= 11 is 0. The first kappa shape index (κ1) is 14.1. The van der Waals surface area contributed by atoms with Gasteiger partial charge >= 0.3 is 18.1 Å². The molecule has 7 heteroatoms. The van der Waals surface area contributed by atoms with Gasteiger partial charge in [0.05, 0.1) is 5.92 Å². The number of rotatable bonds is 2. The lowest BCUT2D eigenvalue weighted by Crippen LogP contribution is -2.58.